The van der Waals surface area contributed by atoms with Crippen LogP contribution in [0.4, 0.5) is 11.6 Å². The highest BCUT2D eigenvalue weighted by molar-refractivity contribution is 5.54. The van der Waals surface area contributed by atoms with Crippen molar-refractivity contribution in [2.45, 2.75) is 26.3 Å². The number of nitrogens with one attached hydrogen (secondary N) is 1. The molecule has 0 amide bonds. The van der Waals surface area contributed by atoms with Gasteiger partial charge >= 0.3 is 5.82 Å². The van der Waals surface area contributed by atoms with E-state index in [1.165, 1.54) is 0 Å². The summed E-state index contributed by atoms with van der Waals surface area (Å²) in [5.74, 6) is 1.70. The second-order valence-electron chi connectivity index (χ2n) is 4.48. The molecule has 1 atom stereocenters. The minimum absolute atomic E-state index is 0.000324. The van der Waals surface area contributed by atoms with E-state index in [-0.39, 0.29) is 11.9 Å². The summed E-state index contributed by atoms with van der Waals surface area (Å²) >= 11 is 0. The Balaban J connectivity index is 2.16. The van der Waals surface area contributed by atoms with Crippen molar-refractivity contribution in [3.63, 3.8) is 0 Å². The number of hydrogen-bond acceptors (Lipinski definition) is 5. The lowest BCUT2D eigenvalue weighted by Gasteiger charge is -2.13. The summed E-state index contributed by atoms with van der Waals surface area (Å²) in [6.07, 6.45) is 2.26. The van der Waals surface area contributed by atoms with E-state index in [1.54, 1.807) is 24.8 Å². The normalized spacial score (nSPS) is 12.4. The van der Waals surface area contributed by atoms with E-state index in [2.05, 4.69) is 10.3 Å². The Kier molecular flexibility index (Phi) is 3.55. The zero-order valence-electron chi connectivity index (χ0n) is 11.1. The van der Waals surface area contributed by atoms with Crippen LogP contribution in [0.25, 0.3) is 0 Å². The number of furan rings is 1. The summed E-state index contributed by atoms with van der Waals surface area (Å²) in [7, 11) is 1.75. The fourth-order valence-corrected chi connectivity index (χ4v) is 1.90. The van der Waals surface area contributed by atoms with Crippen molar-refractivity contribution in [3.05, 3.63) is 40.1 Å². The predicted molar refractivity (Wildman–Crippen MR) is 70.1 cm³/mol. The molecule has 7 nitrogen and oxygen atoms in total. The summed E-state index contributed by atoms with van der Waals surface area (Å²) in [5, 5.41) is 14.1. The Labute approximate surface area is 110 Å². The zero-order chi connectivity index (χ0) is 14.0. The first-order valence-electron chi connectivity index (χ1n) is 5.95. The molecule has 2 heterocycles. The topological polar surface area (TPSA) is 86.1 Å². The lowest BCUT2D eigenvalue weighted by Crippen LogP contribution is -2.20. The summed E-state index contributed by atoms with van der Waals surface area (Å²) in [5.41, 5.74) is 0. The average molecular weight is 264 g/mol. The van der Waals surface area contributed by atoms with Gasteiger partial charge in [0.25, 0.3) is 0 Å². The molecule has 0 aliphatic rings. The fraction of sp³-hybridized carbons (Fsp3) is 0.417. The zero-order valence-corrected chi connectivity index (χ0v) is 11.1. The van der Waals surface area contributed by atoms with Crippen LogP contribution in [0.3, 0.4) is 0 Å². The van der Waals surface area contributed by atoms with E-state index in [1.807, 2.05) is 19.1 Å². The van der Waals surface area contributed by atoms with Gasteiger partial charge in [0, 0.05) is 26.4 Å². The van der Waals surface area contributed by atoms with Crippen LogP contribution in [0.15, 0.2) is 22.8 Å². The fourth-order valence-electron chi connectivity index (χ4n) is 1.90. The molecule has 0 saturated heterocycles. The number of aryl methyl sites for hydroxylation is 1. The van der Waals surface area contributed by atoms with Gasteiger partial charge in [0.1, 0.15) is 5.76 Å². The van der Waals surface area contributed by atoms with Gasteiger partial charge in [-0.3, -0.25) is 4.57 Å². The van der Waals surface area contributed by atoms with Crippen LogP contribution in [0.2, 0.25) is 0 Å². The first-order valence-corrected chi connectivity index (χ1v) is 5.95. The predicted octanol–water partition coefficient (Wildman–Crippen LogP) is 2.27. The van der Waals surface area contributed by atoms with Gasteiger partial charge < -0.3 is 19.8 Å². The third-order valence-electron chi connectivity index (χ3n) is 2.94. The highest BCUT2D eigenvalue weighted by Crippen LogP contribution is 2.24. The number of aromatic nitrogens is 2. The molecule has 0 aliphatic carbocycles. The van der Waals surface area contributed by atoms with Crippen LogP contribution in [-0.4, -0.2) is 20.5 Å². The number of nitrogens with zero attached hydrogens (tertiary/aromatic N) is 3. The number of anilines is 1. The van der Waals surface area contributed by atoms with Gasteiger partial charge in [0.05, 0.1) is 6.26 Å². The Hall–Kier alpha value is -2.31. The van der Waals surface area contributed by atoms with E-state index >= 15 is 0 Å². The molecule has 7 heteroatoms. The molecule has 0 radical (unpaired) electrons. The lowest BCUT2D eigenvalue weighted by molar-refractivity contribution is -0.388. The summed E-state index contributed by atoms with van der Waals surface area (Å²) in [4.78, 5) is 14.4. The van der Waals surface area contributed by atoms with Crippen LogP contribution in [-0.2, 0) is 13.5 Å². The molecule has 2 aromatic rings. The maximum Gasteiger partial charge on any atom is 0.406 e. The van der Waals surface area contributed by atoms with E-state index in [4.69, 9.17) is 4.42 Å². The maximum atomic E-state index is 11.0. The first-order chi connectivity index (χ1) is 8.99. The molecular formula is C12H16N4O3. The molecule has 102 valence electrons. The van der Waals surface area contributed by atoms with Gasteiger partial charge in [-0.05, 0) is 29.0 Å². The number of rotatable bonds is 5. The smallest absolute Gasteiger partial charge is 0.406 e. The van der Waals surface area contributed by atoms with Crippen LogP contribution in [0.1, 0.15) is 18.5 Å². The van der Waals surface area contributed by atoms with Gasteiger partial charge in [-0.15, -0.1) is 0 Å². The average Bonchev–Trinajstić information content (AvgIpc) is 2.92. The van der Waals surface area contributed by atoms with Crippen molar-refractivity contribution in [1.82, 2.24) is 9.55 Å². The Bertz CT molecular complexity index is 574. The minimum Gasteiger partial charge on any atom is -0.469 e. The van der Waals surface area contributed by atoms with Crippen LogP contribution in [0, 0.1) is 17.0 Å². The molecule has 1 N–H and O–H groups in total. The van der Waals surface area contributed by atoms with Crippen molar-refractivity contribution < 1.29 is 9.34 Å². The number of imidazole rings is 1. The number of nitro groups is 1. The third-order valence-corrected chi connectivity index (χ3v) is 2.94. The highest BCUT2D eigenvalue weighted by Gasteiger charge is 2.24. The molecular weight excluding hydrogens is 248 g/mol. The molecule has 0 fully saturated rings. The highest BCUT2D eigenvalue weighted by atomic mass is 16.6. The van der Waals surface area contributed by atoms with Crippen molar-refractivity contribution >= 4 is 11.6 Å². The summed E-state index contributed by atoms with van der Waals surface area (Å²) in [6.45, 7) is 3.67. The number of hydrogen-bond donors (Lipinski definition) is 1. The summed E-state index contributed by atoms with van der Waals surface area (Å²) < 4.78 is 6.94. The standard InChI is InChI=1S/C12H16N4O3/c1-8(7-10-5-4-6-19-10)13-11-12(16(17)18)14-9(2)15(11)3/h4-6,8,13H,7H2,1-3H3. The minimum atomic E-state index is -0.477. The molecule has 0 spiro atoms. The van der Waals surface area contributed by atoms with Crippen molar-refractivity contribution in [2.75, 3.05) is 5.32 Å². The largest absolute Gasteiger partial charge is 0.469 e. The van der Waals surface area contributed by atoms with Crippen LogP contribution in [0.5, 0.6) is 0 Å². The lowest BCUT2D eigenvalue weighted by atomic mass is 10.2. The molecule has 2 aromatic heterocycles. The van der Waals surface area contributed by atoms with Gasteiger partial charge in [0.2, 0.25) is 11.6 Å². The summed E-state index contributed by atoms with van der Waals surface area (Å²) in [6, 6.07) is 3.69. The van der Waals surface area contributed by atoms with E-state index in [9.17, 15) is 10.1 Å². The van der Waals surface area contributed by atoms with Crippen molar-refractivity contribution in [2.24, 2.45) is 7.05 Å². The van der Waals surface area contributed by atoms with Gasteiger partial charge in [-0.2, -0.15) is 0 Å². The SMILES string of the molecule is Cc1nc([N+](=O)[O-])c(NC(C)Cc2ccco2)n1C. The van der Waals surface area contributed by atoms with E-state index in [0.717, 1.165) is 5.76 Å². The molecule has 2 rings (SSSR count). The van der Waals surface area contributed by atoms with E-state index < -0.39 is 4.92 Å². The van der Waals surface area contributed by atoms with Gasteiger partial charge in [-0.1, -0.05) is 0 Å². The molecule has 0 aliphatic heterocycles. The Morgan fingerprint density at radius 3 is 2.95 bits per heavy atom. The second kappa shape index (κ2) is 5.13. The van der Waals surface area contributed by atoms with Crippen LogP contribution < -0.4 is 5.32 Å². The third kappa shape index (κ3) is 2.75. The second-order valence-corrected chi connectivity index (χ2v) is 4.48. The quantitative estimate of drug-likeness (QED) is 0.661. The Morgan fingerprint density at radius 2 is 2.37 bits per heavy atom. The molecule has 0 bridgehead atoms. The Morgan fingerprint density at radius 1 is 1.63 bits per heavy atom. The van der Waals surface area contributed by atoms with Gasteiger partial charge in [-0.25, -0.2) is 0 Å². The monoisotopic (exact) mass is 264 g/mol. The van der Waals surface area contributed by atoms with E-state index in [0.29, 0.717) is 18.1 Å². The molecule has 0 saturated carbocycles. The molecule has 0 aromatic carbocycles. The van der Waals surface area contributed by atoms with Crippen molar-refractivity contribution in [3.8, 4) is 0 Å². The molecule has 1 unspecified atom stereocenters. The maximum absolute atomic E-state index is 11.0. The first kappa shape index (κ1) is 13.1. The van der Waals surface area contributed by atoms with Crippen molar-refractivity contribution in [1.29, 1.82) is 0 Å². The molecule has 19 heavy (non-hydrogen) atoms. The van der Waals surface area contributed by atoms with Crippen LogP contribution >= 0.6 is 0 Å². The van der Waals surface area contributed by atoms with Gasteiger partial charge in [0.15, 0.2) is 0 Å².